The van der Waals surface area contributed by atoms with E-state index in [1.807, 2.05) is 34.1 Å². The smallest absolute Gasteiger partial charge is 0.268 e. The first-order valence-electron chi connectivity index (χ1n) is 9.95. The van der Waals surface area contributed by atoms with Crippen molar-refractivity contribution in [3.63, 3.8) is 0 Å². The zero-order valence-corrected chi connectivity index (χ0v) is 17.3. The Balaban J connectivity index is 1.57. The summed E-state index contributed by atoms with van der Waals surface area (Å²) >= 11 is 0. The van der Waals surface area contributed by atoms with Crippen molar-refractivity contribution in [2.75, 3.05) is 25.0 Å². The van der Waals surface area contributed by atoms with E-state index >= 15 is 0 Å². The van der Waals surface area contributed by atoms with Crippen LogP contribution in [0.25, 0.3) is 0 Å². The second-order valence-corrected chi connectivity index (χ2v) is 7.64. The van der Waals surface area contributed by atoms with Gasteiger partial charge in [-0.05, 0) is 26.2 Å². The standard InChI is InChI=1S/C20H30N6O2/c1-5-8-26-19(27)11-18(12-21-26)25-9-6-16(7-10-25)20(28)23(3)13-17-14-24(4)22-15(17)2/h11-12,14,16H,5-10,13H2,1-4H3. The number of aryl methyl sites for hydroxylation is 3. The van der Waals surface area contributed by atoms with E-state index < -0.39 is 0 Å². The molecule has 2 aromatic heterocycles. The second kappa shape index (κ2) is 8.58. The van der Waals surface area contributed by atoms with Gasteiger partial charge >= 0.3 is 0 Å². The van der Waals surface area contributed by atoms with Crippen molar-refractivity contribution in [3.05, 3.63) is 40.1 Å². The number of piperidine rings is 1. The molecule has 0 saturated carbocycles. The molecular weight excluding hydrogens is 356 g/mol. The molecular formula is C20H30N6O2. The third-order valence-electron chi connectivity index (χ3n) is 5.40. The minimum absolute atomic E-state index is 0.0200. The molecule has 1 saturated heterocycles. The summed E-state index contributed by atoms with van der Waals surface area (Å²) in [7, 11) is 3.75. The summed E-state index contributed by atoms with van der Waals surface area (Å²) in [4.78, 5) is 28.9. The molecule has 0 unspecified atom stereocenters. The highest BCUT2D eigenvalue weighted by atomic mass is 16.2. The Kier molecular flexibility index (Phi) is 6.16. The van der Waals surface area contributed by atoms with Crippen molar-refractivity contribution >= 4 is 11.6 Å². The Labute approximate surface area is 165 Å². The van der Waals surface area contributed by atoms with Crippen LogP contribution in [0.2, 0.25) is 0 Å². The van der Waals surface area contributed by atoms with E-state index in [0.29, 0.717) is 13.1 Å². The molecule has 2 aromatic rings. The quantitative estimate of drug-likeness (QED) is 0.753. The number of carbonyl (C=O) groups is 1. The van der Waals surface area contributed by atoms with Crippen molar-refractivity contribution in [1.29, 1.82) is 0 Å². The van der Waals surface area contributed by atoms with Crippen LogP contribution in [0.3, 0.4) is 0 Å². The van der Waals surface area contributed by atoms with Crippen molar-refractivity contribution in [1.82, 2.24) is 24.5 Å². The second-order valence-electron chi connectivity index (χ2n) is 7.64. The molecule has 0 spiro atoms. The molecule has 152 valence electrons. The Morgan fingerprint density at radius 3 is 2.61 bits per heavy atom. The van der Waals surface area contributed by atoms with Crippen LogP contribution in [0.1, 0.15) is 37.4 Å². The summed E-state index contributed by atoms with van der Waals surface area (Å²) in [6, 6.07) is 1.65. The molecule has 1 amide bonds. The lowest BCUT2D eigenvalue weighted by Crippen LogP contribution is -2.41. The summed E-state index contributed by atoms with van der Waals surface area (Å²) < 4.78 is 3.28. The Hall–Kier alpha value is -2.64. The van der Waals surface area contributed by atoms with E-state index in [9.17, 15) is 9.59 Å². The van der Waals surface area contributed by atoms with Gasteiger partial charge in [0.1, 0.15) is 0 Å². The van der Waals surface area contributed by atoms with Crippen molar-refractivity contribution in [3.8, 4) is 0 Å². The van der Waals surface area contributed by atoms with Gasteiger partial charge in [0.05, 0.1) is 17.6 Å². The van der Waals surface area contributed by atoms with Crippen LogP contribution in [0.15, 0.2) is 23.3 Å². The molecule has 0 radical (unpaired) electrons. The number of rotatable bonds is 6. The largest absolute Gasteiger partial charge is 0.370 e. The van der Waals surface area contributed by atoms with Gasteiger partial charge in [-0.25, -0.2) is 4.68 Å². The molecule has 0 N–H and O–H groups in total. The SMILES string of the molecule is CCCn1ncc(N2CCC(C(=O)N(C)Cc3cn(C)nc3C)CC2)cc1=O. The summed E-state index contributed by atoms with van der Waals surface area (Å²) in [5.41, 5.74) is 2.82. The molecule has 0 bridgehead atoms. The highest BCUT2D eigenvalue weighted by Crippen LogP contribution is 2.24. The van der Waals surface area contributed by atoms with Crippen LogP contribution >= 0.6 is 0 Å². The maximum atomic E-state index is 12.8. The number of anilines is 1. The van der Waals surface area contributed by atoms with Gasteiger partial charge in [0.25, 0.3) is 5.56 Å². The molecule has 1 aliphatic rings. The summed E-state index contributed by atoms with van der Waals surface area (Å²) in [5.74, 6) is 0.200. The number of hydrogen-bond acceptors (Lipinski definition) is 5. The molecule has 0 aromatic carbocycles. The van der Waals surface area contributed by atoms with Crippen LogP contribution in [-0.2, 0) is 24.9 Å². The minimum Gasteiger partial charge on any atom is -0.370 e. The van der Waals surface area contributed by atoms with Crippen LogP contribution < -0.4 is 10.5 Å². The first-order chi connectivity index (χ1) is 13.4. The first kappa shape index (κ1) is 20.1. The molecule has 8 heteroatoms. The van der Waals surface area contributed by atoms with Gasteiger partial charge in [0, 0.05) is 64.0 Å². The summed E-state index contributed by atoms with van der Waals surface area (Å²) in [6.45, 7) is 6.73. The van der Waals surface area contributed by atoms with Crippen molar-refractivity contribution in [2.45, 2.75) is 46.2 Å². The maximum absolute atomic E-state index is 12.8. The number of carbonyl (C=O) groups excluding carboxylic acids is 1. The zero-order chi connectivity index (χ0) is 20.3. The van der Waals surface area contributed by atoms with Gasteiger partial charge in [-0.2, -0.15) is 10.2 Å². The highest BCUT2D eigenvalue weighted by molar-refractivity contribution is 5.79. The lowest BCUT2D eigenvalue weighted by atomic mass is 9.95. The Morgan fingerprint density at radius 2 is 2.04 bits per heavy atom. The Morgan fingerprint density at radius 1 is 1.32 bits per heavy atom. The zero-order valence-electron chi connectivity index (χ0n) is 17.3. The van der Waals surface area contributed by atoms with E-state index in [2.05, 4.69) is 15.1 Å². The topological polar surface area (TPSA) is 76.3 Å². The molecule has 28 heavy (non-hydrogen) atoms. The fourth-order valence-electron chi connectivity index (χ4n) is 3.81. The van der Waals surface area contributed by atoms with E-state index in [1.165, 1.54) is 4.68 Å². The van der Waals surface area contributed by atoms with Gasteiger partial charge < -0.3 is 9.80 Å². The lowest BCUT2D eigenvalue weighted by Gasteiger charge is -2.34. The summed E-state index contributed by atoms with van der Waals surface area (Å²) in [6.07, 6.45) is 6.18. The molecule has 0 atom stereocenters. The fourth-order valence-corrected chi connectivity index (χ4v) is 3.81. The van der Waals surface area contributed by atoms with Gasteiger partial charge in [-0.1, -0.05) is 6.92 Å². The van der Waals surface area contributed by atoms with Crippen LogP contribution in [0.4, 0.5) is 5.69 Å². The van der Waals surface area contributed by atoms with Crippen molar-refractivity contribution in [2.24, 2.45) is 13.0 Å². The monoisotopic (exact) mass is 386 g/mol. The molecule has 3 rings (SSSR count). The van der Waals surface area contributed by atoms with E-state index in [-0.39, 0.29) is 17.4 Å². The highest BCUT2D eigenvalue weighted by Gasteiger charge is 2.28. The number of amides is 1. The van der Waals surface area contributed by atoms with Crippen LogP contribution in [0.5, 0.6) is 0 Å². The van der Waals surface area contributed by atoms with Gasteiger partial charge in [-0.15, -0.1) is 0 Å². The van der Waals surface area contributed by atoms with Gasteiger partial charge in [0.2, 0.25) is 5.91 Å². The minimum atomic E-state index is -0.0656. The van der Waals surface area contributed by atoms with Gasteiger partial charge in [0.15, 0.2) is 0 Å². The van der Waals surface area contributed by atoms with E-state index in [4.69, 9.17) is 0 Å². The average molecular weight is 387 g/mol. The molecule has 8 nitrogen and oxygen atoms in total. The lowest BCUT2D eigenvalue weighted by molar-refractivity contribution is -0.135. The van der Waals surface area contributed by atoms with E-state index in [1.54, 1.807) is 21.8 Å². The normalized spacial score (nSPS) is 15.1. The third-order valence-corrected chi connectivity index (χ3v) is 5.40. The number of nitrogens with zero attached hydrogens (tertiary/aromatic N) is 6. The molecule has 0 aliphatic carbocycles. The maximum Gasteiger partial charge on any atom is 0.268 e. The van der Waals surface area contributed by atoms with Crippen molar-refractivity contribution < 1.29 is 4.79 Å². The first-order valence-corrected chi connectivity index (χ1v) is 9.95. The fraction of sp³-hybridized carbons (Fsp3) is 0.600. The molecule has 3 heterocycles. The van der Waals surface area contributed by atoms with Crippen LogP contribution in [0, 0.1) is 12.8 Å². The van der Waals surface area contributed by atoms with Gasteiger partial charge in [-0.3, -0.25) is 14.3 Å². The van der Waals surface area contributed by atoms with E-state index in [0.717, 1.165) is 49.3 Å². The third kappa shape index (κ3) is 4.43. The number of hydrogen-bond donors (Lipinski definition) is 0. The summed E-state index contributed by atoms with van der Waals surface area (Å²) in [5, 5.41) is 8.61. The van der Waals surface area contributed by atoms with Crippen LogP contribution in [-0.4, -0.2) is 50.5 Å². The Bertz CT molecular complexity index is 879. The predicted octanol–water partition coefficient (Wildman–Crippen LogP) is 1.57. The average Bonchev–Trinajstić information content (AvgIpc) is 3.00. The molecule has 1 aliphatic heterocycles. The molecule has 1 fully saturated rings. The predicted molar refractivity (Wildman–Crippen MR) is 108 cm³/mol. The number of aromatic nitrogens is 4.